The van der Waals surface area contributed by atoms with Crippen LogP contribution in [0.15, 0.2) is 24.3 Å². The Morgan fingerprint density at radius 2 is 2.00 bits per heavy atom. The number of hydrogen-bond donors (Lipinski definition) is 1. The fourth-order valence-corrected chi connectivity index (χ4v) is 2.17. The second-order valence-corrected chi connectivity index (χ2v) is 5.97. The van der Waals surface area contributed by atoms with Gasteiger partial charge in [-0.25, -0.2) is 0 Å². The second kappa shape index (κ2) is 8.34. The molecule has 0 radical (unpaired) electrons. The van der Waals surface area contributed by atoms with Crippen molar-refractivity contribution in [1.82, 2.24) is 4.90 Å². The van der Waals surface area contributed by atoms with Crippen molar-refractivity contribution < 1.29 is 5.11 Å². The van der Waals surface area contributed by atoms with E-state index in [2.05, 4.69) is 49.9 Å². The highest BCUT2D eigenvalue weighted by Gasteiger charge is 2.11. The summed E-state index contributed by atoms with van der Waals surface area (Å²) in [5, 5.41) is 9.88. The van der Waals surface area contributed by atoms with E-state index in [9.17, 15) is 5.11 Å². The lowest BCUT2D eigenvalue weighted by Crippen LogP contribution is -2.33. The maximum Gasteiger partial charge on any atom is 0.0664 e. The third-order valence-electron chi connectivity index (χ3n) is 3.45. The van der Waals surface area contributed by atoms with Crippen LogP contribution in [0.5, 0.6) is 0 Å². The fraction of sp³-hybridized carbons (Fsp3) is 0.647. The van der Waals surface area contributed by atoms with Crippen LogP contribution in [-0.2, 0) is 6.54 Å². The summed E-state index contributed by atoms with van der Waals surface area (Å²) in [6.45, 7) is 11.4. The van der Waals surface area contributed by atoms with E-state index < -0.39 is 0 Å². The van der Waals surface area contributed by atoms with Gasteiger partial charge in [-0.1, -0.05) is 50.6 Å². The van der Waals surface area contributed by atoms with Crippen LogP contribution in [0.4, 0.5) is 0 Å². The molecule has 0 spiro atoms. The number of aliphatic hydroxyl groups is 1. The molecule has 0 amide bonds. The predicted octanol–water partition coefficient (Wildman–Crippen LogP) is 3.61. The van der Waals surface area contributed by atoms with Crippen LogP contribution >= 0.6 is 0 Å². The molecule has 1 atom stereocenters. The summed E-state index contributed by atoms with van der Waals surface area (Å²) >= 11 is 0. The Morgan fingerprint density at radius 3 is 2.58 bits per heavy atom. The first-order valence-corrected chi connectivity index (χ1v) is 7.47. The van der Waals surface area contributed by atoms with Gasteiger partial charge in [0.1, 0.15) is 0 Å². The largest absolute Gasteiger partial charge is 0.392 e. The zero-order valence-electron chi connectivity index (χ0n) is 12.9. The van der Waals surface area contributed by atoms with Gasteiger partial charge in [-0.15, -0.1) is 0 Å². The monoisotopic (exact) mass is 263 g/mol. The van der Waals surface area contributed by atoms with Crippen molar-refractivity contribution in [3.63, 3.8) is 0 Å². The molecule has 0 bridgehead atoms. The Hall–Kier alpha value is -0.860. The maximum atomic E-state index is 9.88. The van der Waals surface area contributed by atoms with Crippen molar-refractivity contribution in [1.29, 1.82) is 0 Å². The molecule has 0 aliphatic heterocycles. The van der Waals surface area contributed by atoms with Gasteiger partial charge in [0, 0.05) is 13.1 Å². The van der Waals surface area contributed by atoms with Crippen molar-refractivity contribution in [3.05, 3.63) is 35.4 Å². The van der Waals surface area contributed by atoms with Gasteiger partial charge in [0.05, 0.1) is 6.10 Å². The molecule has 1 aromatic carbocycles. The molecule has 0 aliphatic carbocycles. The van der Waals surface area contributed by atoms with Crippen LogP contribution in [0.2, 0.25) is 0 Å². The molecule has 1 N–H and O–H groups in total. The lowest BCUT2D eigenvalue weighted by atomic mass is 10.1. The lowest BCUT2D eigenvalue weighted by Gasteiger charge is -2.25. The van der Waals surface area contributed by atoms with Gasteiger partial charge in [0.2, 0.25) is 0 Å². The van der Waals surface area contributed by atoms with E-state index in [1.165, 1.54) is 17.5 Å². The highest BCUT2D eigenvalue weighted by atomic mass is 16.3. The third-order valence-corrected chi connectivity index (χ3v) is 3.45. The molecule has 0 aliphatic rings. The summed E-state index contributed by atoms with van der Waals surface area (Å²) in [6.07, 6.45) is 1.80. The predicted molar refractivity (Wildman–Crippen MR) is 82.2 cm³/mol. The van der Waals surface area contributed by atoms with E-state index in [1.54, 1.807) is 0 Å². The van der Waals surface area contributed by atoms with E-state index in [0.717, 1.165) is 26.1 Å². The van der Waals surface area contributed by atoms with Crippen LogP contribution in [0.3, 0.4) is 0 Å². The molecule has 2 nitrogen and oxygen atoms in total. The lowest BCUT2D eigenvalue weighted by molar-refractivity contribution is 0.102. The molecule has 0 aromatic heterocycles. The summed E-state index contributed by atoms with van der Waals surface area (Å²) in [4.78, 5) is 2.38. The van der Waals surface area contributed by atoms with E-state index in [1.807, 2.05) is 6.92 Å². The minimum Gasteiger partial charge on any atom is -0.392 e. The summed E-state index contributed by atoms with van der Waals surface area (Å²) in [6, 6.07) is 8.65. The first kappa shape index (κ1) is 16.2. The number of hydrogen-bond acceptors (Lipinski definition) is 2. The molecule has 2 heteroatoms. The van der Waals surface area contributed by atoms with Crippen LogP contribution < -0.4 is 0 Å². The zero-order valence-corrected chi connectivity index (χ0v) is 12.9. The molecule has 0 heterocycles. The Bertz CT molecular complexity index is 362. The van der Waals surface area contributed by atoms with Gasteiger partial charge < -0.3 is 5.11 Å². The SMILES string of the molecule is CC[C@@H](O)CN(CCC(C)C)Cc1cccc(C)c1. The quantitative estimate of drug-likeness (QED) is 0.774. The third kappa shape index (κ3) is 6.74. The minimum atomic E-state index is -0.211. The van der Waals surface area contributed by atoms with E-state index in [-0.39, 0.29) is 6.10 Å². The van der Waals surface area contributed by atoms with Gasteiger partial charge in [0.15, 0.2) is 0 Å². The van der Waals surface area contributed by atoms with Crippen LogP contribution in [0.25, 0.3) is 0 Å². The van der Waals surface area contributed by atoms with Crippen molar-refractivity contribution in [3.8, 4) is 0 Å². The summed E-state index contributed by atoms with van der Waals surface area (Å²) in [5.41, 5.74) is 2.64. The summed E-state index contributed by atoms with van der Waals surface area (Å²) in [5.74, 6) is 0.707. The Balaban J connectivity index is 2.61. The average Bonchev–Trinajstić information content (AvgIpc) is 2.35. The summed E-state index contributed by atoms with van der Waals surface area (Å²) < 4.78 is 0. The maximum absolute atomic E-state index is 9.88. The van der Waals surface area contributed by atoms with Gasteiger partial charge >= 0.3 is 0 Å². The van der Waals surface area contributed by atoms with Gasteiger partial charge in [-0.05, 0) is 37.8 Å². The van der Waals surface area contributed by atoms with E-state index in [4.69, 9.17) is 0 Å². The van der Waals surface area contributed by atoms with Gasteiger partial charge in [-0.3, -0.25) is 4.90 Å². The first-order valence-electron chi connectivity index (χ1n) is 7.47. The normalized spacial score (nSPS) is 13.2. The molecule has 1 rings (SSSR count). The van der Waals surface area contributed by atoms with E-state index >= 15 is 0 Å². The van der Waals surface area contributed by atoms with Crippen molar-refractivity contribution >= 4 is 0 Å². The Labute approximate surface area is 118 Å². The average molecular weight is 263 g/mol. The smallest absolute Gasteiger partial charge is 0.0664 e. The number of aryl methyl sites for hydroxylation is 1. The standard InChI is InChI=1S/C17H29NO/c1-5-17(19)13-18(10-9-14(2)3)12-16-8-6-7-15(4)11-16/h6-8,11,14,17,19H,5,9-10,12-13H2,1-4H3/t17-/m1/s1. The Kier molecular flexibility index (Phi) is 7.11. The Morgan fingerprint density at radius 1 is 1.26 bits per heavy atom. The van der Waals surface area contributed by atoms with Crippen LogP contribution in [0, 0.1) is 12.8 Å². The molecule has 0 fully saturated rings. The van der Waals surface area contributed by atoms with Crippen LogP contribution in [-0.4, -0.2) is 29.2 Å². The fourth-order valence-electron chi connectivity index (χ4n) is 2.17. The first-order chi connectivity index (χ1) is 9.01. The van der Waals surface area contributed by atoms with E-state index in [0.29, 0.717) is 5.92 Å². The van der Waals surface area contributed by atoms with Crippen LogP contribution in [0.1, 0.15) is 44.7 Å². The highest BCUT2D eigenvalue weighted by molar-refractivity contribution is 5.22. The zero-order chi connectivity index (χ0) is 14.3. The molecular formula is C17H29NO. The molecule has 0 saturated heterocycles. The minimum absolute atomic E-state index is 0.211. The number of nitrogens with zero attached hydrogens (tertiary/aromatic N) is 1. The molecular weight excluding hydrogens is 234 g/mol. The summed E-state index contributed by atoms with van der Waals surface area (Å²) in [7, 11) is 0. The van der Waals surface area contributed by atoms with Gasteiger partial charge in [0.25, 0.3) is 0 Å². The second-order valence-electron chi connectivity index (χ2n) is 5.97. The number of benzene rings is 1. The number of rotatable bonds is 8. The molecule has 0 saturated carbocycles. The molecule has 0 unspecified atom stereocenters. The molecule has 108 valence electrons. The highest BCUT2D eigenvalue weighted by Crippen LogP contribution is 2.11. The number of aliphatic hydroxyl groups excluding tert-OH is 1. The van der Waals surface area contributed by atoms with Crippen molar-refractivity contribution in [2.45, 2.75) is 53.2 Å². The van der Waals surface area contributed by atoms with Gasteiger partial charge in [-0.2, -0.15) is 0 Å². The van der Waals surface area contributed by atoms with Crippen molar-refractivity contribution in [2.75, 3.05) is 13.1 Å². The molecule has 1 aromatic rings. The topological polar surface area (TPSA) is 23.5 Å². The van der Waals surface area contributed by atoms with Crippen molar-refractivity contribution in [2.24, 2.45) is 5.92 Å². The molecule has 19 heavy (non-hydrogen) atoms.